The number of methoxy groups -OCH3 is 1. The lowest BCUT2D eigenvalue weighted by molar-refractivity contribution is -0.140. The molecule has 0 bridgehead atoms. The molecule has 0 N–H and O–H groups in total. The Bertz CT molecular complexity index is 224. The van der Waals surface area contributed by atoms with E-state index in [-0.39, 0.29) is 5.97 Å². The monoisotopic (exact) mass is 270 g/mol. The van der Waals surface area contributed by atoms with Crippen LogP contribution in [0.3, 0.4) is 0 Å². The minimum Gasteiger partial charge on any atom is -0.469 e. The summed E-state index contributed by atoms with van der Waals surface area (Å²) < 4.78 is 9.81. The molecule has 1 atom stereocenters. The highest BCUT2D eigenvalue weighted by Gasteiger charge is 2.20. The number of rotatable bonds is 13. The van der Waals surface area contributed by atoms with Gasteiger partial charge < -0.3 is 9.47 Å². The highest BCUT2D eigenvalue weighted by molar-refractivity contribution is 5.68. The Morgan fingerprint density at radius 3 is 1.89 bits per heavy atom. The first-order valence-corrected chi connectivity index (χ1v) is 8.01. The maximum Gasteiger partial charge on any atom is 0.305 e. The van der Waals surface area contributed by atoms with Gasteiger partial charge in [0.2, 0.25) is 0 Å². The SMILES string of the molecule is COC(=O)CCCCCCCCCCCCC1CO1. The fourth-order valence-corrected chi connectivity index (χ4v) is 2.39. The summed E-state index contributed by atoms with van der Waals surface area (Å²) in [6.45, 7) is 1.01. The zero-order valence-electron chi connectivity index (χ0n) is 12.5. The van der Waals surface area contributed by atoms with Gasteiger partial charge in [0.25, 0.3) is 0 Å². The average molecular weight is 270 g/mol. The molecule has 0 aromatic rings. The number of hydrogen-bond acceptors (Lipinski definition) is 3. The summed E-state index contributed by atoms with van der Waals surface area (Å²) in [5.74, 6) is -0.0726. The van der Waals surface area contributed by atoms with Gasteiger partial charge in [-0.15, -0.1) is 0 Å². The Labute approximate surface area is 118 Å². The predicted octanol–water partition coefficient (Wildman–Crippen LogP) is 4.24. The van der Waals surface area contributed by atoms with Crippen molar-refractivity contribution in [2.24, 2.45) is 0 Å². The summed E-state index contributed by atoms with van der Waals surface area (Å²) in [6.07, 6.45) is 15.4. The standard InChI is InChI=1S/C16H30O3/c1-18-16(17)13-11-9-7-5-3-2-4-6-8-10-12-15-14-19-15/h15H,2-14H2,1H3. The van der Waals surface area contributed by atoms with E-state index in [9.17, 15) is 4.79 Å². The van der Waals surface area contributed by atoms with Gasteiger partial charge >= 0.3 is 5.97 Å². The van der Waals surface area contributed by atoms with Gasteiger partial charge in [-0.1, -0.05) is 57.8 Å². The number of epoxide rings is 1. The van der Waals surface area contributed by atoms with Crippen molar-refractivity contribution >= 4 is 5.97 Å². The molecule has 1 heterocycles. The Hall–Kier alpha value is -0.570. The molecule has 1 fully saturated rings. The van der Waals surface area contributed by atoms with Gasteiger partial charge in [0.1, 0.15) is 0 Å². The normalized spacial score (nSPS) is 17.4. The van der Waals surface area contributed by atoms with Gasteiger partial charge in [-0.25, -0.2) is 0 Å². The van der Waals surface area contributed by atoms with Gasteiger partial charge in [0.15, 0.2) is 0 Å². The van der Waals surface area contributed by atoms with Crippen LogP contribution in [0.25, 0.3) is 0 Å². The Kier molecular flexibility index (Phi) is 9.78. The van der Waals surface area contributed by atoms with Crippen molar-refractivity contribution in [1.82, 2.24) is 0 Å². The second-order valence-electron chi connectivity index (χ2n) is 5.61. The van der Waals surface area contributed by atoms with E-state index in [4.69, 9.17) is 4.74 Å². The van der Waals surface area contributed by atoms with Crippen LogP contribution in [0.2, 0.25) is 0 Å². The molecular formula is C16H30O3. The molecular weight excluding hydrogens is 240 g/mol. The highest BCUT2D eigenvalue weighted by atomic mass is 16.6. The van der Waals surface area contributed by atoms with Crippen molar-refractivity contribution in [3.05, 3.63) is 0 Å². The third kappa shape index (κ3) is 11.0. The summed E-state index contributed by atoms with van der Waals surface area (Å²) in [4.78, 5) is 10.9. The van der Waals surface area contributed by atoms with E-state index >= 15 is 0 Å². The quantitative estimate of drug-likeness (QED) is 0.285. The van der Waals surface area contributed by atoms with Crippen molar-refractivity contribution in [3.8, 4) is 0 Å². The van der Waals surface area contributed by atoms with Crippen LogP contribution in [0.15, 0.2) is 0 Å². The molecule has 1 aliphatic rings. The maximum atomic E-state index is 10.9. The van der Waals surface area contributed by atoms with E-state index < -0.39 is 0 Å². The molecule has 0 aromatic carbocycles. The molecule has 0 amide bonds. The van der Waals surface area contributed by atoms with Crippen LogP contribution in [0, 0.1) is 0 Å². The number of ether oxygens (including phenoxy) is 2. The molecule has 1 rings (SSSR count). The molecule has 19 heavy (non-hydrogen) atoms. The van der Waals surface area contributed by atoms with Crippen LogP contribution >= 0.6 is 0 Å². The second-order valence-corrected chi connectivity index (χ2v) is 5.61. The van der Waals surface area contributed by atoms with Crippen LogP contribution in [0.4, 0.5) is 0 Å². The van der Waals surface area contributed by atoms with Crippen LogP contribution < -0.4 is 0 Å². The van der Waals surface area contributed by atoms with Gasteiger partial charge in [0, 0.05) is 6.42 Å². The van der Waals surface area contributed by atoms with Crippen molar-refractivity contribution in [1.29, 1.82) is 0 Å². The Balaban J connectivity index is 1.65. The number of unbranched alkanes of at least 4 members (excludes halogenated alkanes) is 9. The molecule has 0 spiro atoms. The topological polar surface area (TPSA) is 38.8 Å². The lowest BCUT2D eigenvalue weighted by Crippen LogP contribution is -1.99. The zero-order chi connectivity index (χ0) is 13.8. The summed E-state index contributed by atoms with van der Waals surface area (Å²) in [6, 6.07) is 0. The smallest absolute Gasteiger partial charge is 0.305 e. The molecule has 0 aromatic heterocycles. The first-order valence-electron chi connectivity index (χ1n) is 8.01. The predicted molar refractivity (Wildman–Crippen MR) is 77.2 cm³/mol. The number of esters is 1. The van der Waals surface area contributed by atoms with Crippen LogP contribution in [-0.2, 0) is 14.3 Å². The Morgan fingerprint density at radius 2 is 1.42 bits per heavy atom. The van der Waals surface area contributed by atoms with Crippen molar-refractivity contribution < 1.29 is 14.3 Å². The zero-order valence-corrected chi connectivity index (χ0v) is 12.5. The molecule has 1 unspecified atom stereocenters. The number of carbonyl (C=O) groups excluding carboxylic acids is 1. The van der Waals surface area contributed by atoms with Crippen LogP contribution in [0.1, 0.15) is 77.0 Å². The summed E-state index contributed by atoms with van der Waals surface area (Å²) in [5, 5.41) is 0. The van der Waals surface area contributed by atoms with Crippen LogP contribution in [-0.4, -0.2) is 25.8 Å². The van der Waals surface area contributed by atoms with E-state index in [2.05, 4.69) is 4.74 Å². The largest absolute Gasteiger partial charge is 0.469 e. The summed E-state index contributed by atoms with van der Waals surface area (Å²) in [5.41, 5.74) is 0. The molecule has 0 saturated carbocycles. The van der Waals surface area contributed by atoms with E-state index in [0.717, 1.165) is 19.4 Å². The molecule has 0 aliphatic carbocycles. The van der Waals surface area contributed by atoms with E-state index in [0.29, 0.717) is 12.5 Å². The fraction of sp³-hybridized carbons (Fsp3) is 0.938. The highest BCUT2D eigenvalue weighted by Crippen LogP contribution is 2.18. The van der Waals surface area contributed by atoms with Gasteiger partial charge in [0.05, 0.1) is 19.8 Å². The van der Waals surface area contributed by atoms with E-state index in [1.165, 1.54) is 64.9 Å². The second kappa shape index (κ2) is 11.3. The maximum absolute atomic E-state index is 10.9. The van der Waals surface area contributed by atoms with Crippen molar-refractivity contribution in [3.63, 3.8) is 0 Å². The van der Waals surface area contributed by atoms with E-state index in [1.54, 1.807) is 0 Å². The first kappa shape index (κ1) is 16.5. The molecule has 112 valence electrons. The van der Waals surface area contributed by atoms with Crippen molar-refractivity contribution in [2.75, 3.05) is 13.7 Å². The number of hydrogen-bond donors (Lipinski definition) is 0. The van der Waals surface area contributed by atoms with Gasteiger partial charge in [-0.3, -0.25) is 4.79 Å². The molecule has 3 nitrogen and oxygen atoms in total. The molecule has 1 saturated heterocycles. The third-order valence-electron chi connectivity index (χ3n) is 3.79. The minimum atomic E-state index is -0.0726. The Morgan fingerprint density at radius 1 is 0.947 bits per heavy atom. The van der Waals surface area contributed by atoms with E-state index in [1.807, 2.05) is 0 Å². The average Bonchev–Trinajstić information content (AvgIpc) is 3.23. The third-order valence-corrected chi connectivity index (χ3v) is 3.79. The van der Waals surface area contributed by atoms with Crippen LogP contribution in [0.5, 0.6) is 0 Å². The fourth-order valence-electron chi connectivity index (χ4n) is 2.39. The van der Waals surface area contributed by atoms with Gasteiger partial charge in [-0.2, -0.15) is 0 Å². The van der Waals surface area contributed by atoms with Gasteiger partial charge in [-0.05, 0) is 12.8 Å². The minimum absolute atomic E-state index is 0.0726. The summed E-state index contributed by atoms with van der Waals surface area (Å²) in [7, 11) is 1.46. The molecule has 1 aliphatic heterocycles. The number of carbonyl (C=O) groups is 1. The lowest BCUT2D eigenvalue weighted by Gasteiger charge is -2.02. The molecule has 3 heteroatoms. The summed E-state index contributed by atoms with van der Waals surface area (Å²) >= 11 is 0. The first-order chi connectivity index (χ1) is 9.33. The molecule has 0 radical (unpaired) electrons. The van der Waals surface area contributed by atoms with Crippen molar-refractivity contribution in [2.45, 2.75) is 83.2 Å². The lowest BCUT2D eigenvalue weighted by atomic mass is 10.0.